The molecule has 0 unspecified atom stereocenters. The van der Waals surface area contributed by atoms with Gasteiger partial charge >= 0.3 is 0 Å². The van der Waals surface area contributed by atoms with Gasteiger partial charge in [0.05, 0.1) is 0 Å². The Labute approximate surface area is 77.4 Å². The average Bonchev–Trinajstić information content (AvgIpc) is 2.05. The van der Waals surface area contributed by atoms with E-state index in [9.17, 15) is 0 Å². The summed E-state index contributed by atoms with van der Waals surface area (Å²) in [6, 6.07) is 9.66. The molecule has 0 saturated heterocycles. The van der Waals surface area contributed by atoms with E-state index in [1.165, 1.54) is 0 Å². The number of rotatable bonds is 1. The smallest absolute Gasteiger partial charge is 0.137 e. The van der Waals surface area contributed by atoms with Crippen LogP contribution >= 0.6 is 24.8 Å². The van der Waals surface area contributed by atoms with E-state index in [1.807, 2.05) is 30.3 Å². The van der Waals surface area contributed by atoms with Crippen LogP contribution in [0.15, 0.2) is 30.3 Å². The molecular weight excluding hydrogens is 174 g/mol. The Hall–Kier alpha value is -0.540. The number of para-hydroxylation sites is 1. The third-order valence-corrected chi connectivity index (χ3v) is 1.76. The van der Waals surface area contributed by atoms with Crippen molar-refractivity contribution in [2.75, 3.05) is 4.90 Å². The fraction of sp³-hybridized carbons (Fsp3) is 0. The standard InChI is InChI=1S/C8H8NS2/c1-9(8(10)11)7-5-3-2-4-6-7/h2-6H,1H2,(H,10,11). The fourth-order valence-corrected chi connectivity index (χ4v) is 0.939. The maximum absolute atomic E-state index is 4.83. The normalized spacial score (nSPS) is 9.27. The van der Waals surface area contributed by atoms with E-state index in [1.54, 1.807) is 4.90 Å². The molecule has 0 heterocycles. The first-order valence-electron chi connectivity index (χ1n) is 3.10. The van der Waals surface area contributed by atoms with Crippen LogP contribution in [-0.4, -0.2) is 4.32 Å². The molecule has 1 rings (SSSR count). The van der Waals surface area contributed by atoms with Crippen molar-refractivity contribution in [2.24, 2.45) is 0 Å². The number of hydrogen-bond donors (Lipinski definition) is 1. The summed E-state index contributed by atoms with van der Waals surface area (Å²) in [6.45, 7) is 0. The van der Waals surface area contributed by atoms with E-state index in [0.29, 0.717) is 4.32 Å². The number of anilines is 1. The topological polar surface area (TPSA) is 3.24 Å². The molecule has 0 atom stereocenters. The molecule has 0 amide bonds. The van der Waals surface area contributed by atoms with E-state index in [2.05, 4.69) is 19.7 Å². The molecule has 57 valence electrons. The molecule has 0 bridgehead atoms. The third kappa shape index (κ3) is 2.20. The molecule has 0 aromatic heterocycles. The average molecular weight is 182 g/mol. The summed E-state index contributed by atoms with van der Waals surface area (Å²) in [5.74, 6) is 0. The molecule has 3 heteroatoms. The molecule has 0 fully saturated rings. The minimum atomic E-state index is 0.469. The van der Waals surface area contributed by atoms with Crippen molar-refractivity contribution in [1.82, 2.24) is 0 Å². The Bertz CT molecular complexity index is 246. The third-order valence-electron chi connectivity index (χ3n) is 1.30. The van der Waals surface area contributed by atoms with Crippen LogP contribution in [0.4, 0.5) is 5.69 Å². The van der Waals surface area contributed by atoms with Crippen LogP contribution in [0.1, 0.15) is 0 Å². The first kappa shape index (κ1) is 8.56. The molecule has 0 N–H and O–H groups in total. The predicted molar refractivity (Wildman–Crippen MR) is 55.9 cm³/mol. The Balaban J connectivity index is 2.85. The fourth-order valence-electron chi connectivity index (χ4n) is 0.718. The van der Waals surface area contributed by atoms with Crippen molar-refractivity contribution in [3.63, 3.8) is 0 Å². The second-order valence-electron chi connectivity index (χ2n) is 2.05. The minimum Gasteiger partial charge on any atom is -0.326 e. The molecule has 0 aliphatic rings. The number of thiol groups is 1. The molecular formula is C8H8NS2. The molecule has 1 nitrogen and oxygen atoms in total. The van der Waals surface area contributed by atoms with Gasteiger partial charge in [0.2, 0.25) is 0 Å². The first-order chi connectivity index (χ1) is 5.22. The van der Waals surface area contributed by atoms with Crippen molar-refractivity contribution in [3.8, 4) is 0 Å². The van der Waals surface area contributed by atoms with Gasteiger partial charge in [-0.25, -0.2) is 0 Å². The van der Waals surface area contributed by atoms with Gasteiger partial charge in [-0.3, -0.25) is 0 Å². The van der Waals surface area contributed by atoms with Crippen LogP contribution < -0.4 is 4.90 Å². The summed E-state index contributed by atoms with van der Waals surface area (Å²) < 4.78 is 0.469. The lowest BCUT2D eigenvalue weighted by molar-refractivity contribution is 1.40. The highest BCUT2D eigenvalue weighted by Crippen LogP contribution is 2.13. The molecule has 1 radical (unpaired) electrons. The van der Waals surface area contributed by atoms with E-state index < -0.39 is 0 Å². The zero-order valence-electron chi connectivity index (χ0n) is 5.90. The van der Waals surface area contributed by atoms with Crippen molar-refractivity contribution >= 4 is 34.9 Å². The van der Waals surface area contributed by atoms with E-state index in [4.69, 9.17) is 12.2 Å². The maximum atomic E-state index is 4.83. The molecule has 1 aromatic rings. The SMILES string of the molecule is [CH2]N(C(=S)S)c1ccccc1. The van der Waals surface area contributed by atoms with Crippen molar-refractivity contribution in [1.29, 1.82) is 0 Å². The number of nitrogens with zero attached hydrogens (tertiary/aromatic N) is 1. The van der Waals surface area contributed by atoms with Gasteiger partial charge in [0.25, 0.3) is 0 Å². The highest BCUT2D eigenvalue weighted by molar-refractivity contribution is 8.11. The molecule has 0 saturated carbocycles. The highest BCUT2D eigenvalue weighted by Gasteiger charge is 2.00. The van der Waals surface area contributed by atoms with Gasteiger partial charge in [-0.1, -0.05) is 30.4 Å². The van der Waals surface area contributed by atoms with Crippen LogP contribution in [0.2, 0.25) is 0 Å². The van der Waals surface area contributed by atoms with Crippen molar-refractivity contribution < 1.29 is 0 Å². The summed E-state index contributed by atoms with van der Waals surface area (Å²) in [6.07, 6.45) is 0. The quantitative estimate of drug-likeness (QED) is 0.525. The largest absolute Gasteiger partial charge is 0.326 e. The second kappa shape index (κ2) is 3.74. The molecule has 1 aromatic carbocycles. The molecule has 11 heavy (non-hydrogen) atoms. The Kier molecular flexibility index (Phi) is 2.91. The van der Waals surface area contributed by atoms with Crippen LogP contribution in [-0.2, 0) is 0 Å². The van der Waals surface area contributed by atoms with Gasteiger partial charge in [0, 0.05) is 12.7 Å². The van der Waals surface area contributed by atoms with Crippen LogP contribution in [0.3, 0.4) is 0 Å². The Morgan fingerprint density at radius 1 is 1.36 bits per heavy atom. The Morgan fingerprint density at radius 2 is 1.91 bits per heavy atom. The van der Waals surface area contributed by atoms with Crippen molar-refractivity contribution in [2.45, 2.75) is 0 Å². The van der Waals surface area contributed by atoms with Gasteiger partial charge in [0.1, 0.15) is 4.32 Å². The lowest BCUT2D eigenvalue weighted by atomic mass is 10.3. The number of benzene rings is 1. The lowest BCUT2D eigenvalue weighted by Gasteiger charge is -2.15. The van der Waals surface area contributed by atoms with E-state index in [-0.39, 0.29) is 0 Å². The summed E-state index contributed by atoms with van der Waals surface area (Å²) >= 11 is 8.83. The predicted octanol–water partition coefficient (Wildman–Crippen LogP) is 2.50. The van der Waals surface area contributed by atoms with Crippen LogP contribution in [0.5, 0.6) is 0 Å². The Morgan fingerprint density at radius 3 is 2.36 bits per heavy atom. The molecule has 0 spiro atoms. The van der Waals surface area contributed by atoms with Crippen LogP contribution in [0, 0.1) is 7.05 Å². The summed E-state index contributed by atoms with van der Waals surface area (Å²) in [5, 5.41) is 0. The highest BCUT2D eigenvalue weighted by atomic mass is 32.1. The van der Waals surface area contributed by atoms with Gasteiger partial charge in [-0.05, 0) is 12.1 Å². The van der Waals surface area contributed by atoms with Crippen molar-refractivity contribution in [3.05, 3.63) is 37.4 Å². The van der Waals surface area contributed by atoms with Gasteiger partial charge in [-0.2, -0.15) is 0 Å². The minimum absolute atomic E-state index is 0.469. The van der Waals surface area contributed by atoms with Gasteiger partial charge in [0.15, 0.2) is 0 Å². The zero-order chi connectivity index (χ0) is 8.27. The maximum Gasteiger partial charge on any atom is 0.137 e. The molecule has 0 aliphatic heterocycles. The summed E-state index contributed by atoms with van der Waals surface area (Å²) in [5.41, 5.74) is 0.951. The van der Waals surface area contributed by atoms with Crippen LogP contribution in [0.25, 0.3) is 0 Å². The van der Waals surface area contributed by atoms with Gasteiger partial charge in [-0.15, -0.1) is 12.6 Å². The second-order valence-corrected chi connectivity index (χ2v) is 3.16. The zero-order valence-corrected chi connectivity index (χ0v) is 7.61. The first-order valence-corrected chi connectivity index (χ1v) is 3.96. The van der Waals surface area contributed by atoms with E-state index >= 15 is 0 Å². The summed E-state index contributed by atoms with van der Waals surface area (Å²) in [7, 11) is 3.72. The van der Waals surface area contributed by atoms with E-state index in [0.717, 1.165) is 5.69 Å². The monoisotopic (exact) mass is 182 g/mol. The molecule has 0 aliphatic carbocycles. The lowest BCUT2D eigenvalue weighted by Crippen LogP contribution is -2.16. The summed E-state index contributed by atoms with van der Waals surface area (Å²) in [4.78, 5) is 1.60. The number of hydrogen-bond acceptors (Lipinski definition) is 1. The number of thiocarbonyl (C=S) groups is 1. The van der Waals surface area contributed by atoms with Gasteiger partial charge < -0.3 is 4.90 Å².